The van der Waals surface area contributed by atoms with Gasteiger partial charge in [0.25, 0.3) is 0 Å². The summed E-state index contributed by atoms with van der Waals surface area (Å²) in [6, 6.07) is 4.31. The molecule has 3 N–H and O–H groups in total. The van der Waals surface area contributed by atoms with Crippen molar-refractivity contribution in [2.75, 3.05) is 7.11 Å². The molecule has 84 valence electrons. The molecule has 0 amide bonds. The summed E-state index contributed by atoms with van der Waals surface area (Å²) in [5, 5.41) is 0. The van der Waals surface area contributed by atoms with Crippen molar-refractivity contribution in [1.29, 1.82) is 0 Å². The van der Waals surface area contributed by atoms with Gasteiger partial charge in [0.05, 0.1) is 13.2 Å². The van der Waals surface area contributed by atoms with Gasteiger partial charge in [-0.2, -0.15) is 0 Å². The molecule has 1 atom stereocenters. The van der Waals surface area contributed by atoms with E-state index in [0.717, 1.165) is 5.56 Å². The molecule has 1 aromatic rings. The van der Waals surface area contributed by atoms with E-state index in [2.05, 4.69) is 5.43 Å². The molecule has 4 heteroatoms. The number of benzene rings is 1. The number of hydrazine groups is 1. The fourth-order valence-corrected chi connectivity index (χ4v) is 1.59. The Labute approximate surface area is 89.4 Å². The van der Waals surface area contributed by atoms with Gasteiger partial charge in [0.15, 0.2) is 0 Å². The monoisotopic (exact) mass is 212 g/mol. The van der Waals surface area contributed by atoms with Crippen molar-refractivity contribution < 1.29 is 9.13 Å². The minimum atomic E-state index is -0.285. The van der Waals surface area contributed by atoms with Crippen molar-refractivity contribution in [2.24, 2.45) is 11.8 Å². The van der Waals surface area contributed by atoms with E-state index in [1.54, 1.807) is 13.2 Å². The molecule has 0 aliphatic heterocycles. The highest BCUT2D eigenvalue weighted by Gasteiger charge is 2.18. The summed E-state index contributed by atoms with van der Waals surface area (Å²) in [7, 11) is 1.56. The lowest BCUT2D eigenvalue weighted by molar-refractivity contribution is 0.371. The lowest BCUT2D eigenvalue weighted by Gasteiger charge is -2.22. The number of nitrogens with one attached hydrogen (secondary N) is 1. The van der Waals surface area contributed by atoms with Crippen LogP contribution in [0.25, 0.3) is 0 Å². The van der Waals surface area contributed by atoms with E-state index in [-0.39, 0.29) is 17.8 Å². The van der Waals surface area contributed by atoms with E-state index in [1.807, 2.05) is 13.8 Å². The van der Waals surface area contributed by atoms with Crippen LogP contribution in [-0.4, -0.2) is 7.11 Å². The molecule has 0 saturated heterocycles. The van der Waals surface area contributed by atoms with E-state index >= 15 is 0 Å². The quantitative estimate of drug-likeness (QED) is 0.592. The Morgan fingerprint density at radius 1 is 1.40 bits per heavy atom. The van der Waals surface area contributed by atoms with Crippen molar-refractivity contribution in [3.05, 3.63) is 29.6 Å². The maximum Gasteiger partial charge on any atom is 0.123 e. The standard InChI is InChI=1S/C11H17FN2O/c1-7(2)11(14-13)9-6-8(12)4-5-10(9)15-3/h4-7,11,14H,13H2,1-3H3. The van der Waals surface area contributed by atoms with Crippen LogP contribution in [0.2, 0.25) is 0 Å². The van der Waals surface area contributed by atoms with Crippen LogP contribution >= 0.6 is 0 Å². The van der Waals surface area contributed by atoms with Crippen LogP contribution in [0.4, 0.5) is 4.39 Å². The lowest BCUT2D eigenvalue weighted by atomic mass is 9.96. The van der Waals surface area contributed by atoms with E-state index in [0.29, 0.717) is 5.75 Å². The zero-order valence-electron chi connectivity index (χ0n) is 9.25. The van der Waals surface area contributed by atoms with Gasteiger partial charge in [-0.25, -0.2) is 4.39 Å². The van der Waals surface area contributed by atoms with Gasteiger partial charge in [-0.15, -0.1) is 0 Å². The van der Waals surface area contributed by atoms with Gasteiger partial charge < -0.3 is 4.74 Å². The van der Waals surface area contributed by atoms with Gasteiger partial charge in [-0.05, 0) is 24.1 Å². The van der Waals surface area contributed by atoms with Gasteiger partial charge >= 0.3 is 0 Å². The molecule has 0 spiro atoms. The number of rotatable bonds is 4. The molecule has 0 bridgehead atoms. The molecule has 3 nitrogen and oxygen atoms in total. The predicted octanol–water partition coefficient (Wildman–Crippen LogP) is 1.99. The predicted molar refractivity (Wildman–Crippen MR) is 57.9 cm³/mol. The van der Waals surface area contributed by atoms with Crippen LogP contribution in [-0.2, 0) is 0 Å². The van der Waals surface area contributed by atoms with Crippen molar-refractivity contribution in [3.8, 4) is 5.75 Å². The second-order valence-electron chi connectivity index (χ2n) is 3.77. The molecule has 0 aliphatic carbocycles. The van der Waals surface area contributed by atoms with Gasteiger partial charge in [0.2, 0.25) is 0 Å². The van der Waals surface area contributed by atoms with Crippen LogP contribution < -0.4 is 16.0 Å². The van der Waals surface area contributed by atoms with Gasteiger partial charge in [-0.3, -0.25) is 11.3 Å². The topological polar surface area (TPSA) is 47.3 Å². The summed E-state index contributed by atoms with van der Waals surface area (Å²) < 4.78 is 18.3. The van der Waals surface area contributed by atoms with Crippen molar-refractivity contribution in [3.63, 3.8) is 0 Å². The zero-order chi connectivity index (χ0) is 11.4. The molecule has 0 radical (unpaired) electrons. The van der Waals surface area contributed by atoms with E-state index in [4.69, 9.17) is 10.6 Å². The first-order chi connectivity index (χ1) is 7.10. The van der Waals surface area contributed by atoms with Crippen LogP contribution in [0.5, 0.6) is 5.75 Å². The minimum absolute atomic E-state index is 0.115. The van der Waals surface area contributed by atoms with Gasteiger partial charge in [0, 0.05) is 5.56 Å². The molecule has 1 aromatic carbocycles. The van der Waals surface area contributed by atoms with Crippen LogP contribution in [0.15, 0.2) is 18.2 Å². The molecule has 0 aliphatic rings. The van der Waals surface area contributed by atoms with Crippen LogP contribution in [0.1, 0.15) is 25.5 Å². The average molecular weight is 212 g/mol. The SMILES string of the molecule is COc1ccc(F)cc1C(NN)C(C)C. The maximum absolute atomic E-state index is 13.1. The molecule has 0 aromatic heterocycles. The third kappa shape index (κ3) is 2.67. The van der Waals surface area contributed by atoms with Gasteiger partial charge in [0.1, 0.15) is 11.6 Å². The normalized spacial score (nSPS) is 12.9. The summed E-state index contributed by atoms with van der Waals surface area (Å²) in [6.07, 6.45) is 0. The number of hydrogen-bond donors (Lipinski definition) is 2. The largest absolute Gasteiger partial charge is 0.496 e. The van der Waals surface area contributed by atoms with Crippen LogP contribution in [0, 0.1) is 11.7 Å². The first-order valence-corrected chi connectivity index (χ1v) is 4.89. The lowest BCUT2D eigenvalue weighted by Crippen LogP contribution is -2.31. The first-order valence-electron chi connectivity index (χ1n) is 4.89. The average Bonchev–Trinajstić information content (AvgIpc) is 2.18. The zero-order valence-corrected chi connectivity index (χ0v) is 9.25. The molecular formula is C11H17FN2O. The summed E-state index contributed by atoms with van der Waals surface area (Å²) >= 11 is 0. The Morgan fingerprint density at radius 3 is 2.53 bits per heavy atom. The summed E-state index contributed by atoms with van der Waals surface area (Å²) in [4.78, 5) is 0. The van der Waals surface area contributed by atoms with Gasteiger partial charge in [-0.1, -0.05) is 13.8 Å². The van der Waals surface area contributed by atoms with Crippen molar-refractivity contribution in [1.82, 2.24) is 5.43 Å². The Hall–Kier alpha value is -1.13. The highest BCUT2D eigenvalue weighted by Crippen LogP contribution is 2.29. The molecule has 0 fully saturated rings. The second-order valence-corrected chi connectivity index (χ2v) is 3.77. The van der Waals surface area contributed by atoms with E-state index in [9.17, 15) is 4.39 Å². The third-order valence-electron chi connectivity index (χ3n) is 2.37. The summed E-state index contributed by atoms with van der Waals surface area (Å²) in [5.74, 6) is 6.07. The maximum atomic E-state index is 13.1. The highest BCUT2D eigenvalue weighted by atomic mass is 19.1. The molecule has 15 heavy (non-hydrogen) atoms. The Bertz CT molecular complexity index is 328. The van der Waals surface area contributed by atoms with Crippen LogP contribution in [0.3, 0.4) is 0 Å². The molecule has 0 saturated carbocycles. The fourth-order valence-electron chi connectivity index (χ4n) is 1.59. The number of ether oxygens (including phenoxy) is 1. The molecule has 1 rings (SSSR count). The summed E-state index contributed by atoms with van der Waals surface area (Å²) in [6.45, 7) is 4.02. The minimum Gasteiger partial charge on any atom is -0.496 e. The first kappa shape index (κ1) is 11.9. The number of hydrogen-bond acceptors (Lipinski definition) is 3. The smallest absolute Gasteiger partial charge is 0.123 e. The molecule has 0 heterocycles. The Morgan fingerprint density at radius 2 is 2.07 bits per heavy atom. The number of nitrogens with two attached hydrogens (primary N) is 1. The molecular weight excluding hydrogens is 195 g/mol. The molecule has 1 unspecified atom stereocenters. The second kappa shape index (κ2) is 5.09. The Kier molecular flexibility index (Phi) is 4.05. The summed E-state index contributed by atoms with van der Waals surface area (Å²) in [5.41, 5.74) is 3.42. The van der Waals surface area contributed by atoms with Crippen molar-refractivity contribution >= 4 is 0 Å². The Balaban J connectivity index is 3.13. The third-order valence-corrected chi connectivity index (χ3v) is 2.37. The van der Waals surface area contributed by atoms with E-state index in [1.165, 1.54) is 12.1 Å². The van der Waals surface area contributed by atoms with Crippen molar-refractivity contribution in [2.45, 2.75) is 19.9 Å². The number of halogens is 1. The number of methoxy groups -OCH3 is 1. The highest BCUT2D eigenvalue weighted by molar-refractivity contribution is 5.36. The van der Waals surface area contributed by atoms with E-state index < -0.39 is 0 Å². The fraction of sp³-hybridized carbons (Fsp3) is 0.455.